The summed E-state index contributed by atoms with van der Waals surface area (Å²) in [6.45, 7) is 0. The Morgan fingerprint density at radius 3 is 1.43 bits per heavy atom. The van der Waals surface area contributed by atoms with E-state index >= 15 is 0 Å². The second kappa shape index (κ2) is 15.8. The van der Waals surface area contributed by atoms with Crippen LogP contribution in [0.2, 0.25) is 0 Å². The molecule has 2 aliphatic carbocycles. The van der Waals surface area contributed by atoms with Gasteiger partial charge in [0, 0.05) is 64.8 Å². The number of hydrogen-bond acceptors (Lipinski definition) is 6. The molecule has 8 nitrogen and oxygen atoms in total. The molecule has 8 heteroatoms. The highest BCUT2D eigenvalue weighted by molar-refractivity contribution is 6.01. The van der Waals surface area contributed by atoms with E-state index < -0.39 is 5.41 Å². The van der Waals surface area contributed by atoms with Gasteiger partial charge < -0.3 is 9.13 Å². The van der Waals surface area contributed by atoms with Gasteiger partial charge in [0.15, 0.2) is 23.3 Å². The molecule has 13 rings (SSSR count). The first-order valence-corrected chi connectivity index (χ1v) is 22.7. The van der Waals surface area contributed by atoms with Crippen LogP contribution in [0.15, 0.2) is 225 Å². The van der Waals surface area contributed by atoms with Crippen LogP contribution in [0, 0.1) is 0 Å². The van der Waals surface area contributed by atoms with Gasteiger partial charge in [0.1, 0.15) is 0 Å². The molecular weight excluding hydrogens is 835 g/mol. The average molecular weight is 874 g/mol. The summed E-state index contributed by atoms with van der Waals surface area (Å²) in [6, 6.07) is 65.4. The van der Waals surface area contributed by atoms with Crippen molar-refractivity contribution in [1.29, 1.82) is 0 Å². The quantitative estimate of drug-likeness (QED) is 0.134. The second-order valence-electron chi connectivity index (χ2n) is 17.4. The highest BCUT2D eigenvalue weighted by Gasteiger charge is 2.52. The third-order valence-corrected chi connectivity index (χ3v) is 13.6. The topological polar surface area (TPSA) is 91.4 Å². The van der Waals surface area contributed by atoms with E-state index in [4.69, 9.17) is 15.0 Å². The lowest BCUT2D eigenvalue weighted by molar-refractivity contribution is 0.0993. The van der Waals surface area contributed by atoms with Crippen molar-refractivity contribution in [3.05, 3.63) is 259 Å². The summed E-state index contributed by atoms with van der Waals surface area (Å²) in [6.07, 6.45) is 11.2. The summed E-state index contributed by atoms with van der Waals surface area (Å²) >= 11 is 0. The molecule has 8 aromatic carbocycles. The number of ketones is 1. The minimum Gasteiger partial charge on any atom is -0.306 e. The Bertz CT molecular complexity index is 3550. The van der Waals surface area contributed by atoms with Gasteiger partial charge >= 0.3 is 0 Å². The predicted octanol–water partition coefficient (Wildman–Crippen LogP) is 12.7. The Balaban J connectivity index is 0.945. The predicted molar refractivity (Wildman–Crippen MR) is 267 cm³/mol. The highest BCUT2D eigenvalue weighted by atomic mass is 16.1. The summed E-state index contributed by atoms with van der Waals surface area (Å²) in [5.74, 6) is 1.76. The lowest BCUT2D eigenvalue weighted by Gasteiger charge is -2.31. The third kappa shape index (κ3) is 6.37. The maximum absolute atomic E-state index is 14.4. The van der Waals surface area contributed by atoms with Crippen molar-refractivity contribution in [2.75, 3.05) is 0 Å². The number of fused-ring (bicyclic) bond motifs is 10. The minimum absolute atomic E-state index is 0.0768. The molecule has 2 aliphatic rings. The molecule has 0 aliphatic heterocycles. The van der Waals surface area contributed by atoms with Gasteiger partial charge in [-0.05, 0) is 122 Å². The largest absolute Gasteiger partial charge is 0.306 e. The number of hydrogen-bond donors (Lipinski definition) is 0. The normalized spacial score (nSPS) is 12.6. The number of carbonyl (C=O) groups excluding carboxylic acids is 1. The van der Waals surface area contributed by atoms with E-state index in [1.807, 2.05) is 94.3 Å². The Morgan fingerprint density at radius 1 is 0.412 bits per heavy atom. The van der Waals surface area contributed by atoms with Crippen LogP contribution >= 0.6 is 0 Å². The molecule has 0 fully saturated rings. The Kier molecular flexibility index (Phi) is 9.11. The molecule has 0 saturated heterocycles. The van der Waals surface area contributed by atoms with Crippen LogP contribution in [0.5, 0.6) is 0 Å². The van der Waals surface area contributed by atoms with Gasteiger partial charge in [-0.2, -0.15) is 0 Å². The summed E-state index contributed by atoms with van der Waals surface area (Å²) in [4.78, 5) is 38.4. The van der Waals surface area contributed by atoms with E-state index in [-0.39, 0.29) is 5.78 Å². The summed E-state index contributed by atoms with van der Waals surface area (Å²) in [5.41, 5.74) is 17.0. The first-order chi connectivity index (χ1) is 33.6. The van der Waals surface area contributed by atoms with Crippen LogP contribution in [0.1, 0.15) is 38.2 Å². The van der Waals surface area contributed by atoms with Crippen LogP contribution in [0.4, 0.5) is 0 Å². The fourth-order valence-electron chi connectivity index (χ4n) is 10.3. The Labute approximate surface area is 392 Å². The lowest BCUT2D eigenvalue weighted by atomic mass is 9.70. The first kappa shape index (κ1) is 39.2. The van der Waals surface area contributed by atoms with Gasteiger partial charge in [0.05, 0.1) is 18.1 Å². The van der Waals surface area contributed by atoms with Crippen molar-refractivity contribution >= 4 is 5.78 Å². The minimum atomic E-state index is -0.702. The summed E-state index contributed by atoms with van der Waals surface area (Å²) in [7, 11) is 0. The maximum atomic E-state index is 14.4. The number of benzene rings is 8. The SMILES string of the molecule is O=C(Cc1ccc(-c2ccccc2)cc1)c1ccc2c(c1)C1(c3ccccc3-c3ccccc31)c1cc(-c3nc(-c4ccc(-n5ccnc5)cc4)nc(-c4ccc(-n5ccnc5)cc4)n3)ccc1-2. The second-order valence-corrected chi connectivity index (χ2v) is 17.4. The third-order valence-electron chi connectivity index (χ3n) is 13.6. The molecule has 0 saturated carbocycles. The molecule has 0 unspecified atom stereocenters. The van der Waals surface area contributed by atoms with Crippen LogP contribution in [0.25, 0.3) is 78.9 Å². The molecule has 11 aromatic rings. The van der Waals surface area contributed by atoms with Crippen LogP contribution in [-0.2, 0) is 11.8 Å². The van der Waals surface area contributed by atoms with Crippen molar-refractivity contribution in [1.82, 2.24) is 34.1 Å². The lowest BCUT2D eigenvalue weighted by Crippen LogP contribution is -2.26. The van der Waals surface area contributed by atoms with Gasteiger partial charge in [-0.3, -0.25) is 4.79 Å². The van der Waals surface area contributed by atoms with Gasteiger partial charge in [-0.25, -0.2) is 24.9 Å². The molecule has 0 N–H and O–H groups in total. The zero-order valence-electron chi connectivity index (χ0n) is 36.6. The smallest absolute Gasteiger partial charge is 0.167 e. The Morgan fingerprint density at radius 2 is 0.868 bits per heavy atom. The zero-order chi connectivity index (χ0) is 45.2. The fraction of sp³-hybridized carbons (Fsp3) is 0.0333. The fourth-order valence-corrected chi connectivity index (χ4v) is 10.3. The molecule has 0 bridgehead atoms. The van der Waals surface area contributed by atoms with Crippen molar-refractivity contribution in [2.24, 2.45) is 0 Å². The van der Waals surface area contributed by atoms with E-state index in [1.165, 1.54) is 22.3 Å². The van der Waals surface area contributed by atoms with E-state index in [1.54, 1.807) is 25.0 Å². The van der Waals surface area contributed by atoms with E-state index in [0.717, 1.165) is 67.0 Å². The standard InChI is InChI=1S/C60H39N7O/c68-56(34-39-14-16-41(17-15-39)40-8-2-1-3-9-40)44-22-28-50-51-29-23-45(36-55(51)60(54(50)35-44)52-12-6-4-10-48(52)49-11-5-7-13-53(49)60)59-64-57(42-18-24-46(25-19-42)66-32-30-61-37-66)63-58(65-59)43-20-26-47(27-21-43)67-33-31-62-38-67/h1-33,35-38H,34H2. The molecule has 3 heterocycles. The van der Waals surface area contributed by atoms with E-state index in [9.17, 15) is 4.79 Å². The molecule has 320 valence electrons. The molecular formula is C60H39N7O. The molecule has 0 atom stereocenters. The molecule has 68 heavy (non-hydrogen) atoms. The van der Waals surface area contributed by atoms with Crippen molar-refractivity contribution in [2.45, 2.75) is 11.8 Å². The first-order valence-electron chi connectivity index (χ1n) is 22.7. The van der Waals surface area contributed by atoms with E-state index in [0.29, 0.717) is 29.5 Å². The number of Topliss-reactive ketones (excluding diaryl/α,β-unsaturated/α-hetero) is 1. The number of aromatic nitrogens is 7. The zero-order valence-corrected chi connectivity index (χ0v) is 36.6. The monoisotopic (exact) mass is 873 g/mol. The molecule has 0 radical (unpaired) electrons. The summed E-state index contributed by atoms with van der Waals surface area (Å²) < 4.78 is 3.94. The number of nitrogens with zero attached hydrogens (tertiary/aromatic N) is 7. The highest BCUT2D eigenvalue weighted by Crippen LogP contribution is 2.63. The molecule has 0 amide bonds. The average Bonchev–Trinajstić information content (AvgIpc) is 4.25. The van der Waals surface area contributed by atoms with Crippen LogP contribution < -0.4 is 0 Å². The van der Waals surface area contributed by atoms with Crippen molar-refractivity contribution in [3.8, 4) is 78.9 Å². The van der Waals surface area contributed by atoms with Crippen LogP contribution in [-0.4, -0.2) is 39.8 Å². The Hall–Kier alpha value is -9.14. The summed E-state index contributed by atoms with van der Waals surface area (Å²) in [5, 5.41) is 0. The van der Waals surface area contributed by atoms with Gasteiger partial charge in [-0.1, -0.05) is 127 Å². The number of rotatable bonds is 9. The number of carbonyl (C=O) groups is 1. The molecule has 1 spiro atoms. The maximum Gasteiger partial charge on any atom is 0.167 e. The van der Waals surface area contributed by atoms with E-state index in [2.05, 4.69) is 125 Å². The van der Waals surface area contributed by atoms with Crippen LogP contribution in [0.3, 0.4) is 0 Å². The van der Waals surface area contributed by atoms with Crippen molar-refractivity contribution < 1.29 is 4.79 Å². The van der Waals surface area contributed by atoms with Gasteiger partial charge in [0.2, 0.25) is 0 Å². The van der Waals surface area contributed by atoms with Crippen molar-refractivity contribution in [3.63, 3.8) is 0 Å². The molecule has 3 aromatic heterocycles. The number of imidazole rings is 2. The van der Waals surface area contributed by atoms with Gasteiger partial charge in [-0.15, -0.1) is 0 Å². The van der Waals surface area contributed by atoms with Gasteiger partial charge in [0.25, 0.3) is 0 Å².